The van der Waals surface area contributed by atoms with E-state index in [0.29, 0.717) is 18.2 Å². The molecule has 0 aliphatic carbocycles. The highest BCUT2D eigenvalue weighted by Crippen LogP contribution is 2.20. The number of rotatable bonds is 8. The van der Waals surface area contributed by atoms with Gasteiger partial charge in [0.15, 0.2) is 0 Å². The second-order valence-electron chi connectivity index (χ2n) is 4.59. The van der Waals surface area contributed by atoms with Crippen LogP contribution >= 0.6 is 11.3 Å². The molecule has 0 aromatic carbocycles. The number of hydrogen-bond donors (Lipinski definition) is 2. The van der Waals surface area contributed by atoms with Gasteiger partial charge in [-0.2, -0.15) is 11.3 Å². The van der Waals surface area contributed by atoms with Crippen molar-refractivity contribution in [3.8, 4) is 0 Å². The van der Waals surface area contributed by atoms with Crippen LogP contribution in [0.3, 0.4) is 0 Å². The van der Waals surface area contributed by atoms with Crippen LogP contribution in [0.2, 0.25) is 0 Å². The van der Waals surface area contributed by atoms with E-state index in [-0.39, 0.29) is 5.69 Å². The number of nitrogens with one attached hydrogen (secondary N) is 2. The molecule has 0 amide bonds. The molecule has 0 saturated carbocycles. The topological polar surface area (TPSA) is 80.1 Å². The third-order valence-corrected chi connectivity index (χ3v) is 3.61. The Bertz CT molecular complexity index is 587. The maximum atomic E-state index is 11.0. The molecule has 0 bridgehead atoms. The van der Waals surface area contributed by atoms with Gasteiger partial charge < -0.3 is 10.6 Å². The zero-order chi connectivity index (χ0) is 15.1. The van der Waals surface area contributed by atoms with Gasteiger partial charge in [-0.05, 0) is 35.2 Å². The molecule has 0 spiro atoms. The second kappa shape index (κ2) is 7.58. The van der Waals surface area contributed by atoms with Gasteiger partial charge >= 0.3 is 0 Å². The molecule has 0 aliphatic rings. The average molecular weight is 306 g/mol. The maximum Gasteiger partial charge on any atom is 0.276 e. The molecular weight excluding hydrogens is 288 g/mol. The number of aromatic nitrogens is 1. The van der Waals surface area contributed by atoms with E-state index in [4.69, 9.17) is 0 Å². The van der Waals surface area contributed by atoms with Crippen molar-refractivity contribution in [1.82, 2.24) is 4.98 Å². The predicted octanol–water partition coefficient (Wildman–Crippen LogP) is 3.53. The minimum Gasteiger partial charge on any atom is -0.370 e. The highest BCUT2D eigenvalue weighted by Gasteiger charge is 2.10. The van der Waals surface area contributed by atoms with E-state index in [1.165, 1.54) is 17.7 Å². The summed E-state index contributed by atoms with van der Waals surface area (Å²) in [4.78, 5) is 14.9. The van der Waals surface area contributed by atoms with Crippen LogP contribution in [-0.4, -0.2) is 23.0 Å². The summed E-state index contributed by atoms with van der Waals surface area (Å²) in [5.74, 6) is 1.06. The maximum absolute atomic E-state index is 11.0. The van der Waals surface area contributed by atoms with E-state index in [1.54, 1.807) is 11.3 Å². The van der Waals surface area contributed by atoms with Gasteiger partial charge in [0, 0.05) is 13.1 Å². The molecule has 112 valence electrons. The van der Waals surface area contributed by atoms with Crippen LogP contribution in [0.4, 0.5) is 17.3 Å². The van der Waals surface area contributed by atoms with E-state index in [2.05, 4.69) is 27.1 Å². The van der Waals surface area contributed by atoms with Gasteiger partial charge in [-0.3, -0.25) is 10.1 Å². The molecule has 0 unspecified atom stereocenters. The van der Waals surface area contributed by atoms with Gasteiger partial charge in [-0.15, -0.1) is 0 Å². The third-order valence-electron chi connectivity index (χ3n) is 2.88. The van der Waals surface area contributed by atoms with Gasteiger partial charge in [0.25, 0.3) is 5.69 Å². The van der Waals surface area contributed by atoms with Crippen molar-refractivity contribution in [2.45, 2.75) is 19.8 Å². The van der Waals surface area contributed by atoms with E-state index in [0.717, 1.165) is 19.4 Å². The highest BCUT2D eigenvalue weighted by molar-refractivity contribution is 7.07. The van der Waals surface area contributed by atoms with E-state index in [1.807, 2.05) is 12.3 Å². The summed E-state index contributed by atoms with van der Waals surface area (Å²) < 4.78 is 0. The monoisotopic (exact) mass is 306 g/mol. The van der Waals surface area contributed by atoms with Crippen molar-refractivity contribution in [1.29, 1.82) is 0 Å². The molecule has 0 radical (unpaired) electrons. The fraction of sp³-hybridized carbons (Fsp3) is 0.357. The fourth-order valence-electron chi connectivity index (χ4n) is 1.83. The number of nitrogens with zero attached hydrogens (tertiary/aromatic N) is 2. The lowest BCUT2D eigenvalue weighted by Crippen LogP contribution is -2.09. The molecule has 2 N–H and O–H groups in total. The van der Waals surface area contributed by atoms with Gasteiger partial charge in [-0.1, -0.05) is 6.92 Å². The number of anilines is 2. The zero-order valence-electron chi connectivity index (χ0n) is 11.8. The van der Waals surface area contributed by atoms with Crippen LogP contribution in [0, 0.1) is 10.1 Å². The molecule has 6 nitrogen and oxygen atoms in total. The Morgan fingerprint density at radius 1 is 1.29 bits per heavy atom. The van der Waals surface area contributed by atoms with Crippen molar-refractivity contribution in [3.05, 3.63) is 44.6 Å². The molecule has 0 atom stereocenters. The average Bonchev–Trinajstić information content (AvgIpc) is 2.98. The lowest BCUT2D eigenvalue weighted by atomic mass is 10.2. The Balaban J connectivity index is 2.02. The summed E-state index contributed by atoms with van der Waals surface area (Å²) >= 11 is 1.66. The summed E-state index contributed by atoms with van der Waals surface area (Å²) in [6.45, 7) is 3.46. The van der Waals surface area contributed by atoms with Gasteiger partial charge in [0.2, 0.25) is 0 Å². The third kappa shape index (κ3) is 4.71. The Morgan fingerprint density at radius 2 is 2.00 bits per heavy atom. The van der Waals surface area contributed by atoms with Crippen LogP contribution in [-0.2, 0) is 6.42 Å². The highest BCUT2D eigenvalue weighted by atomic mass is 32.1. The molecular formula is C14H18N4O2S. The second-order valence-corrected chi connectivity index (χ2v) is 5.37. The first-order valence-electron chi connectivity index (χ1n) is 6.84. The first-order chi connectivity index (χ1) is 10.2. The Kier molecular flexibility index (Phi) is 5.51. The van der Waals surface area contributed by atoms with Gasteiger partial charge in [0.05, 0.1) is 17.1 Å². The molecule has 2 heterocycles. The van der Waals surface area contributed by atoms with Crippen molar-refractivity contribution in [3.63, 3.8) is 0 Å². The first-order valence-corrected chi connectivity index (χ1v) is 7.78. The smallest absolute Gasteiger partial charge is 0.276 e. The van der Waals surface area contributed by atoms with E-state index in [9.17, 15) is 10.1 Å². The summed E-state index contributed by atoms with van der Waals surface area (Å²) in [6.07, 6.45) is 1.80. The lowest BCUT2D eigenvalue weighted by molar-refractivity contribution is -0.384. The number of hydrogen-bond acceptors (Lipinski definition) is 6. The van der Waals surface area contributed by atoms with E-state index >= 15 is 0 Å². The van der Waals surface area contributed by atoms with Crippen LogP contribution in [0.25, 0.3) is 0 Å². The van der Waals surface area contributed by atoms with Crippen molar-refractivity contribution in [2.24, 2.45) is 0 Å². The van der Waals surface area contributed by atoms with Crippen LogP contribution in [0.5, 0.6) is 0 Å². The minimum atomic E-state index is -0.400. The minimum absolute atomic E-state index is 0.0432. The lowest BCUT2D eigenvalue weighted by Gasteiger charge is -2.08. The molecule has 0 saturated heterocycles. The molecule has 21 heavy (non-hydrogen) atoms. The zero-order valence-corrected chi connectivity index (χ0v) is 12.7. The van der Waals surface area contributed by atoms with Crippen molar-refractivity contribution >= 4 is 28.7 Å². The number of pyridine rings is 1. The van der Waals surface area contributed by atoms with Crippen molar-refractivity contribution in [2.75, 3.05) is 23.7 Å². The molecule has 0 fully saturated rings. The number of thiophene rings is 1. The molecule has 2 rings (SSSR count). The number of nitro groups is 1. The SMILES string of the molecule is CCCNc1cc([N+](=O)[O-])cc(NCCc2ccsc2)n1. The normalized spacial score (nSPS) is 10.3. The molecule has 7 heteroatoms. The summed E-state index contributed by atoms with van der Waals surface area (Å²) in [5, 5.41) is 21.3. The Morgan fingerprint density at radius 3 is 2.57 bits per heavy atom. The first kappa shape index (κ1) is 15.2. The quantitative estimate of drug-likeness (QED) is 0.576. The summed E-state index contributed by atoms with van der Waals surface area (Å²) in [6, 6.07) is 4.99. The van der Waals surface area contributed by atoms with Gasteiger partial charge in [0.1, 0.15) is 11.6 Å². The standard InChI is InChI=1S/C14H18N4O2S/c1-2-5-15-13-8-12(18(19)20)9-14(17-13)16-6-3-11-4-7-21-10-11/h4,7-10H,2-3,5-6H2,1H3,(H2,15,16,17). The van der Waals surface area contributed by atoms with Crippen LogP contribution in [0.15, 0.2) is 29.0 Å². The molecule has 2 aromatic heterocycles. The summed E-state index contributed by atoms with van der Waals surface area (Å²) in [7, 11) is 0. The van der Waals surface area contributed by atoms with Crippen molar-refractivity contribution < 1.29 is 4.92 Å². The van der Waals surface area contributed by atoms with Gasteiger partial charge in [-0.25, -0.2) is 4.98 Å². The van der Waals surface area contributed by atoms with Crippen LogP contribution in [0.1, 0.15) is 18.9 Å². The fourth-order valence-corrected chi connectivity index (χ4v) is 2.53. The van der Waals surface area contributed by atoms with Crippen LogP contribution < -0.4 is 10.6 Å². The largest absolute Gasteiger partial charge is 0.370 e. The van der Waals surface area contributed by atoms with E-state index < -0.39 is 4.92 Å². The predicted molar refractivity (Wildman–Crippen MR) is 86.2 cm³/mol. The Labute approximate surface area is 127 Å². The Hall–Kier alpha value is -2.15. The molecule has 2 aromatic rings. The summed E-state index contributed by atoms with van der Waals surface area (Å²) in [5.41, 5.74) is 1.30. The molecule has 0 aliphatic heterocycles.